The lowest BCUT2D eigenvalue weighted by Crippen LogP contribution is -2.14. The molecular weight excluding hydrogens is 300 g/mol. The summed E-state index contributed by atoms with van der Waals surface area (Å²) in [6, 6.07) is 5.22. The van der Waals surface area contributed by atoms with E-state index in [9.17, 15) is 9.59 Å². The summed E-state index contributed by atoms with van der Waals surface area (Å²) < 4.78 is 5.74. The van der Waals surface area contributed by atoms with Crippen LogP contribution in [0.1, 0.15) is 80.5 Å². The van der Waals surface area contributed by atoms with Crippen molar-refractivity contribution in [2.24, 2.45) is 5.92 Å². The van der Waals surface area contributed by atoms with Gasteiger partial charge in [-0.15, -0.1) is 0 Å². The number of carbonyl (C=O) groups is 2. The minimum absolute atomic E-state index is 0.0250. The number of allylic oxidation sites excluding steroid dienone is 2. The Labute approximate surface area is 146 Å². The van der Waals surface area contributed by atoms with Crippen molar-refractivity contribution in [3.63, 3.8) is 0 Å². The van der Waals surface area contributed by atoms with Gasteiger partial charge in [0.2, 0.25) is 0 Å². The van der Waals surface area contributed by atoms with Crippen molar-refractivity contribution >= 4 is 11.6 Å². The van der Waals surface area contributed by atoms with Gasteiger partial charge < -0.3 is 4.74 Å². The minimum atomic E-state index is -0.100. The van der Waals surface area contributed by atoms with Gasteiger partial charge in [-0.05, 0) is 57.2 Å². The highest BCUT2D eigenvalue weighted by atomic mass is 16.5. The Balaban J connectivity index is 2.68. The van der Waals surface area contributed by atoms with E-state index in [0.717, 1.165) is 32.1 Å². The molecule has 0 aliphatic heterocycles. The maximum absolute atomic E-state index is 12.4. The second-order valence-electron chi connectivity index (χ2n) is 6.16. The van der Waals surface area contributed by atoms with Crippen molar-refractivity contribution in [2.45, 2.75) is 59.8 Å². The Morgan fingerprint density at radius 1 is 1.12 bits per heavy atom. The molecule has 0 bridgehead atoms. The first-order chi connectivity index (χ1) is 11.5. The lowest BCUT2D eigenvalue weighted by molar-refractivity contribution is 0.0915. The molecule has 0 N–H and O–H groups in total. The molecule has 3 nitrogen and oxygen atoms in total. The zero-order valence-electron chi connectivity index (χ0n) is 15.4. The van der Waals surface area contributed by atoms with Gasteiger partial charge in [-0.1, -0.05) is 32.9 Å². The molecular formula is C21H30O3. The first-order valence-electron chi connectivity index (χ1n) is 8.98. The van der Waals surface area contributed by atoms with Crippen molar-refractivity contribution in [3.8, 4) is 5.75 Å². The number of unbranched alkanes of at least 4 members (excludes halogenated alkanes) is 2. The number of hydrogen-bond acceptors (Lipinski definition) is 3. The molecule has 132 valence electrons. The third-order valence-electron chi connectivity index (χ3n) is 4.13. The van der Waals surface area contributed by atoms with Crippen LogP contribution in [0.25, 0.3) is 0 Å². The molecule has 24 heavy (non-hydrogen) atoms. The van der Waals surface area contributed by atoms with Crippen LogP contribution >= 0.6 is 0 Å². The molecule has 0 saturated carbocycles. The van der Waals surface area contributed by atoms with Crippen LogP contribution in [0.15, 0.2) is 30.4 Å². The third-order valence-corrected chi connectivity index (χ3v) is 4.13. The molecule has 0 aliphatic carbocycles. The molecule has 3 heteroatoms. The smallest absolute Gasteiger partial charge is 0.166 e. The van der Waals surface area contributed by atoms with Crippen LogP contribution in [0.3, 0.4) is 0 Å². The molecule has 0 radical (unpaired) electrons. The predicted octanol–water partition coefficient (Wildman–Crippen LogP) is 5.63. The maximum atomic E-state index is 12.4. The van der Waals surface area contributed by atoms with Gasteiger partial charge in [0.05, 0.1) is 6.61 Å². The highest BCUT2D eigenvalue weighted by Crippen LogP contribution is 2.22. The molecule has 0 aliphatic rings. The normalized spacial score (nSPS) is 12.3. The van der Waals surface area contributed by atoms with Gasteiger partial charge in [0.15, 0.2) is 11.6 Å². The zero-order valence-corrected chi connectivity index (χ0v) is 15.4. The number of carbonyl (C=O) groups excluding carboxylic acids is 2. The summed E-state index contributed by atoms with van der Waals surface area (Å²) in [6.45, 7) is 8.11. The standard InChI is InChI=1S/C21H30O3/c1-5-7-8-9-10-11-14-24-18-12-13-19(20(15-18)17(4)22)21(23)16(3)6-2/h7-8,12-13,15-16H,5-6,9-11,14H2,1-4H3/b8-7+. The fourth-order valence-corrected chi connectivity index (χ4v) is 2.41. The molecule has 0 heterocycles. The van der Waals surface area contributed by atoms with Crippen molar-refractivity contribution < 1.29 is 14.3 Å². The van der Waals surface area contributed by atoms with Gasteiger partial charge in [-0.2, -0.15) is 0 Å². The second kappa shape index (κ2) is 10.8. The van der Waals surface area contributed by atoms with Crippen LogP contribution in [0.2, 0.25) is 0 Å². The summed E-state index contributed by atoms with van der Waals surface area (Å²) in [5.74, 6) is 0.504. The number of rotatable bonds is 11. The van der Waals surface area contributed by atoms with Gasteiger partial charge in [-0.3, -0.25) is 9.59 Å². The van der Waals surface area contributed by atoms with Crippen LogP contribution in [0.4, 0.5) is 0 Å². The van der Waals surface area contributed by atoms with Gasteiger partial charge in [0.1, 0.15) is 5.75 Å². The molecule has 0 fully saturated rings. The van der Waals surface area contributed by atoms with Crippen LogP contribution in [0.5, 0.6) is 5.75 Å². The summed E-state index contributed by atoms with van der Waals surface area (Å²) in [6.07, 6.45) is 9.33. The van der Waals surface area contributed by atoms with Crippen LogP contribution in [-0.4, -0.2) is 18.2 Å². The topological polar surface area (TPSA) is 43.4 Å². The monoisotopic (exact) mass is 330 g/mol. The SMILES string of the molecule is CC/C=C/CCCCOc1ccc(C(=O)C(C)CC)c(C(C)=O)c1. The fraction of sp³-hybridized carbons (Fsp3) is 0.524. The quantitative estimate of drug-likeness (QED) is 0.300. The molecule has 1 atom stereocenters. The molecule has 0 saturated heterocycles. The Morgan fingerprint density at radius 2 is 1.88 bits per heavy atom. The molecule has 0 aromatic heterocycles. The number of ketones is 2. The Kier molecular flexibility index (Phi) is 9.06. The van der Waals surface area contributed by atoms with Crippen molar-refractivity contribution in [1.82, 2.24) is 0 Å². The van der Waals surface area contributed by atoms with Crippen LogP contribution in [-0.2, 0) is 0 Å². The highest BCUT2D eigenvalue weighted by molar-refractivity contribution is 6.09. The Morgan fingerprint density at radius 3 is 2.50 bits per heavy atom. The van der Waals surface area contributed by atoms with E-state index in [-0.39, 0.29) is 17.5 Å². The van der Waals surface area contributed by atoms with Gasteiger partial charge in [-0.25, -0.2) is 0 Å². The van der Waals surface area contributed by atoms with Crippen molar-refractivity contribution in [1.29, 1.82) is 0 Å². The van der Waals surface area contributed by atoms with Gasteiger partial charge in [0.25, 0.3) is 0 Å². The molecule has 1 unspecified atom stereocenters. The summed E-state index contributed by atoms with van der Waals surface area (Å²) in [7, 11) is 0. The number of hydrogen-bond donors (Lipinski definition) is 0. The summed E-state index contributed by atoms with van der Waals surface area (Å²) in [4.78, 5) is 24.3. The van der Waals surface area contributed by atoms with E-state index in [1.54, 1.807) is 18.2 Å². The lowest BCUT2D eigenvalue weighted by atomic mass is 9.92. The van der Waals surface area contributed by atoms with Crippen LogP contribution in [0, 0.1) is 5.92 Å². The maximum Gasteiger partial charge on any atom is 0.166 e. The van der Waals surface area contributed by atoms with E-state index in [4.69, 9.17) is 4.74 Å². The number of benzene rings is 1. The first-order valence-corrected chi connectivity index (χ1v) is 8.98. The van der Waals surface area contributed by atoms with E-state index in [2.05, 4.69) is 19.1 Å². The number of Topliss-reactive ketones (excluding diaryl/α,β-unsaturated/α-hetero) is 2. The van der Waals surface area contributed by atoms with Crippen molar-refractivity contribution in [3.05, 3.63) is 41.5 Å². The van der Waals surface area contributed by atoms with Crippen LogP contribution < -0.4 is 4.74 Å². The fourth-order valence-electron chi connectivity index (χ4n) is 2.41. The zero-order chi connectivity index (χ0) is 17.9. The van der Waals surface area contributed by atoms with E-state index in [0.29, 0.717) is 23.5 Å². The van der Waals surface area contributed by atoms with Crippen molar-refractivity contribution in [2.75, 3.05) is 6.61 Å². The average molecular weight is 330 g/mol. The molecule has 1 aromatic rings. The minimum Gasteiger partial charge on any atom is -0.494 e. The highest BCUT2D eigenvalue weighted by Gasteiger charge is 2.19. The van der Waals surface area contributed by atoms with Gasteiger partial charge in [0, 0.05) is 17.0 Å². The van der Waals surface area contributed by atoms with E-state index in [1.165, 1.54) is 6.92 Å². The lowest BCUT2D eigenvalue weighted by Gasteiger charge is -2.13. The van der Waals surface area contributed by atoms with E-state index < -0.39 is 0 Å². The van der Waals surface area contributed by atoms with E-state index >= 15 is 0 Å². The third kappa shape index (κ3) is 6.31. The number of ether oxygens (including phenoxy) is 1. The second-order valence-corrected chi connectivity index (χ2v) is 6.16. The predicted molar refractivity (Wildman–Crippen MR) is 99.0 cm³/mol. The Hall–Kier alpha value is -1.90. The molecule has 0 amide bonds. The first kappa shape index (κ1) is 20.1. The largest absolute Gasteiger partial charge is 0.494 e. The molecule has 0 spiro atoms. The summed E-state index contributed by atoms with van der Waals surface area (Å²) in [5.41, 5.74) is 0.970. The van der Waals surface area contributed by atoms with Gasteiger partial charge >= 0.3 is 0 Å². The summed E-state index contributed by atoms with van der Waals surface area (Å²) >= 11 is 0. The molecule has 1 rings (SSSR count). The summed E-state index contributed by atoms with van der Waals surface area (Å²) in [5, 5.41) is 0. The average Bonchev–Trinajstić information content (AvgIpc) is 2.59. The molecule has 1 aromatic carbocycles. The Bertz CT molecular complexity index is 572. The van der Waals surface area contributed by atoms with E-state index in [1.807, 2.05) is 13.8 Å².